The Morgan fingerprint density at radius 3 is 2.42 bits per heavy atom. The van der Waals surface area contributed by atoms with E-state index in [-0.39, 0.29) is 11.9 Å². The third-order valence-electron chi connectivity index (χ3n) is 4.32. The standard InChI is InChI=1S/C14H26N2O3/c1-5-14(13(18)19)6-7-16(9-14)8-12(17)15-11(4)10(2)3/h10-11H,5-9H2,1-4H3,(H,15,17)(H,18,19). The van der Waals surface area contributed by atoms with Crippen molar-refractivity contribution in [1.82, 2.24) is 10.2 Å². The van der Waals surface area contributed by atoms with E-state index in [0.29, 0.717) is 38.4 Å². The van der Waals surface area contributed by atoms with Crippen LogP contribution in [0.4, 0.5) is 0 Å². The van der Waals surface area contributed by atoms with Crippen molar-refractivity contribution >= 4 is 11.9 Å². The number of likely N-dealkylation sites (tertiary alicyclic amines) is 1. The second kappa shape index (κ2) is 6.37. The van der Waals surface area contributed by atoms with Gasteiger partial charge in [0.1, 0.15) is 0 Å². The van der Waals surface area contributed by atoms with Crippen LogP contribution < -0.4 is 5.32 Å². The number of hydrogen-bond acceptors (Lipinski definition) is 3. The van der Waals surface area contributed by atoms with Crippen LogP contribution in [0.3, 0.4) is 0 Å². The van der Waals surface area contributed by atoms with Gasteiger partial charge in [-0.1, -0.05) is 20.8 Å². The predicted molar refractivity (Wildman–Crippen MR) is 73.9 cm³/mol. The maximum Gasteiger partial charge on any atom is 0.310 e. The van der Waals surface area contributed by atoms with Crippen LogP contribution in [-0.2, 0) is 9.59 Å². The lowest BCUT2D eigenvalue weighted by Crippen LogP contribution is -2.43. The Morgan fingerprint density at radius 1 is 1.37 bits per heavy atom. The van der Waals surface area contributed by atoms with Crippen molar-refractivity contribution in [3.8, 4) is 0 Å². The highest BCUT2D eigenvalue weighted by atomic mass is 16.4. The van der Waals surface area contributed by atoms with Gasteiger partial charge in [-0.15, -0.1) is 0 Å². The first-order chi connectivity index (χ1) is 8.80. The zero-order chi connectivity index (χ0) is 14.6. The van der Waals surface area contributed by atoms with E-state index in [1.54, 1.807) is 0 Å². The Labute approximate surface area is 115 Å². The summed E-state index contributed by atoms with van der Waals surface area (Å²) in [5, 5.41) is 12.3. The Balaban J connectivity index is 2.48. The molecule has 1 rings (SSSR count). The molecule has 0 bridgehead atoms. The zero-order valence-corrected chi connectivity index (χ0v) is 12.4. The molecule has 0 aliphatic carbocycles. The Kier molecular flexibility index (Phi) is 5.35. The van der Waals surface area contributed by atoms with Crippen molar-refractivity contribution in [3.63, 3.8) is 0 Å². The molecule has 1 fully saturated rings. The summed E-state index contributed by atoms with van der Waals surface area (Å²) in [6, 6.07) is 0.144. The van der Waals surface area contributed by atoms with Crippen LogP contribution in [0, 0.1) is 11.3 Å². The molecule has 1 amide bonds. The maximum absolute atomic E-state index is 11.9. The smallest absolute Gasteiger partial charge is 0.310 e. The number of aliphatic carboxylic acids is 1. The molecule has 110 valence electrons. The van der Waals surface area contributed by atoms with Crippen molar-refractivity contribution in [1.29, 1.82) is 0 Å². The fraction of sp³-hybridized carbons (Fsp3) is 0.857. The molecule has 0 radical (unpaired) electrons. The molecule has 0 aromatic rings. The van der Waals surface area contributed by atoms with Crippen LogP contribution in [0.15, 0.2) is 0 Å². The monoisotopic (exact) mass is 270 g/mol. The number of nitrogens with one attached hydrogen (secondary N) is 1. The number of rotatable bonds is 6. The highest BCUT2D eigenvalue weighted by Crippen LogP contribution is 2.33. The molecule has 0 spiro atoms. The molecule has 2 N–H and O–H groups in total. The lowest BCUT2D eigenvalue weighted by atomic mass is 9.84. The summed E-state index contributed by atoms with van der Waals surface area (Å²) in [4.78, 5) is 25.2. The second-order valence-electron chi connectivity index (χ2n) is 6.00. The minimum absolute atomic E-state index is 0.0153. The van der Waals surface area contributed by atoms with Crippen LogP contribution in [0.2, 0.25) is 0 Å². The molecular weight excluding hydrogens is 244 g/mol. The Bertz CT molecular complexity index is 344. The van der Waals surface area contributed by atoms with Gasteiger partial charge in [-0.2, -0.15) is 0 Å². The minimum Gasteiger partial charge on any atom is -0.481 e. The summed E-state index contributed by atoms with van der Waals surface area (Å²) >= 11 is 0. The third-order valence-corrected chi connectivity index (χ3v) is 4.32. The van der Waals surface area contributed by atoms with Gasteiger partial charge >= 0.3 is 5.97 Å². The molecular formula is C14H26N2O3. The number of carbonyl (C=O) groups excluding carboxylic acids is 1. The third kappa shape index (κ3) is 3.93. The summed E-state index contributed by atoms with van der Waals surface area (Å²) in [5.74, 6) is -0.358. The first kappa shape index (κ1) is 16.0. The summed E-state index contributed by atoms with van der Waals surface area (Å²) < 4.78 is 0. The maximum atomic E-state index is 11.9. The SMILES string of the molecule is CCC1(C(=O)O)CCN(CC(=O)NC(C)C(C)C)C1. The summed E-state index contributed by atoms with van der Waals surface area (Å²) in [5.41, 5.74) is -0.663. The quantitative estimate of drug-likeness (QED) is 0.764. The van der Waals surface area contributed by atoms with Crippen LogP contribution in [0.1, 0.15) is 40.5 Å². The lowest BCUT2D eigenvalue weighted by Gasteiger charge is -2.24. The molecule has 2 unspecified atom stereocenters. The van der Waals surface area contributed by atoms with E-state index in [1.165, 1.54) is 0 Å². The molecule has 5 heteroatoms. The highest BCUT2D eigenvalue weighted by Gasteiger charge is 2.43. The number of hydrogen-bond donors (Lipinski definition) is 2. The molecule has 1 heterocycles. The van der Waals surface area contributed by atoms with Crippen molar-refractivity contribution in [2.24, 2.45) is 11.3 Å². The normalized spacial score (nSPS) is 25.5. The molecule has 2 atom stereocenters. The van der Waals surface area contributed by atoms with Crippen molar-refractivity contribution in [2.75, 3.05) is 19.6 Å². The molecule has 1 aliphatic heterocycles. The van der Waals surface area contributed by atoms with E-state index in [9.17, 15) is 14.7 Å². The van der Waals surface area contributed by atoms with E-state index >= 15 is 0 Å². The van der Waals surface area contributed by atoms with E-state index in [2.05, 4.69) is 19.2 Å². The van der Waals surface area contributed by atoms with Crippen molar-refractivity contribution in [3.05, 3.63) is 0 Å². The molecule has 0 saturated carbocycles. The predicted octanol–water partition coefficient (Wildman–Crippen LogP) is 1.33. The van der Waals surface area contributed by atoms with Gasteiger partial charge in [-0.25, -0.2) is 0 Å². The summed E-state index contributed by atoms with van der Waals surface area (Å²) in [6.07, 6.45) is 1.24. The van der Waals surface area contributed by atoms with Crippen LogP contribution in [0.25, 0.3) is 0 Å². The minimum atomic E-state index is -0.742. The van der Waals surface area contributed by atoms with E-state index in [1.807, 2.05) is 18.7 Å². The molecule has 5 nitrogen and oxygen atoms in total. The van der Waals surface area contributed by atoms with Crippen LogP contribution >= 0.6 is 0 Å². The van der Waals surface area contributed by atoms with Gasteiger partial charge in [0.25, 0.3) is 0 Å². The fourth-order valence-electron chi connectivity index (χ4n) is 2.38. The van der Waals surface area contributed by atoms with Gasteiger partial charge in [0.15, 0.2) is 0 Å². The first-order valence-corrected chi connectivity index (χ1v) is 7.06. The Hall–Kier alpha value is -1.10. The van der Waals surface area contributed by atoms with Gasteiger partial charge in [-0.05, 0) is 32.2 Å². The van der Waals surface area contributed by atoms with Crippen molar-refractivity contribution in [2.45, 2.75) is 46.6 Å². The van der Waals surface area contributed by atoms with Crippen LogP contribution in [0.5, 0.6) is 0 Å². The van der Waals surface area contributed by atoms with Crippen LogP contribution in [-0.4, -0.2) is 47.6 Å². The second-order valence-corrected chi connectivity index (χ2v) is 6.00. The lowest BCUT2D eigenvalue weighted by molar-refractivity contribution is -0.148. The molecule has 1 aliphatic rings. The Morgan fingerprint density at radius 2 is 2.00 bits per heavy atom. The summed E-state index contributed by atoms with van der Waals surface area (Å²) in [6.45, 7) is 9.47. The number of carboxylic acids is 1. The topological polar surface area (TPSA) is 69.6 Å². The van der Waals surface area contributed by atoms with Gasteiger partial charge < -0.3 is 10.4 Å². The van der Waals surface area contributed by atoms with E-state index < -0.39 is 11.4 Å². The molecule has 0 aromatic heterocycles. The largest absolute Gasteiger partial charge is 0.481 e. The first-order valence-electron chi connectivity index (χ1n) is 7.06. The number of amides is 1. The number of carboxylic acid groups (broad SMARTS) is 1. The van der Waals surface area contributed by atoms with Crippen molar-refractivity contribution < 1.29 is 14.7 Å². The zero-order valence-electron chi connectivity index (χ0n) is 12.4. The highest BCUT2D eigenvalue weighted by molar-refractivity contribution is 5.79. The number of nitrogens with zero attached hydrogens (tertiary/aromatic N) is 1. The number of carbonyl (C=O) groups is 2. The average molecular weight is 270 g/mol. The van der Waals surface area contributed by atoms with Gasteiger partial charge in [-0.3, -0.25) is 14.5 Å². The van der Waals surface area contributed by atoms with Gasteiger partial charge in [0, 0.05) is 12.6 Å². The van der Waals surface area contributed by atoms with Gasteiger partial charge in [0.05, 0.1) is 12.0 Å². The van der Waals surface area contributed by atoms with Gasteiger partial charge in [0.2, 0.25) is 5.91 Å². The average Bonchev–Trinajstić information content (AvgIpc) is 2.73. The molecule has 19 heavy (non-hydrogen) atoms. The molecule has 0 aromatic carbocycles. The summed E-state index contributed by atoms with van der Waals surface area (Å²) in [7, 11) is 0. The molecule has 1 saturated heterocycles. The fourth-order valence-corrected chi connectivity index (χ4v) is 2.38. The van der Waals surface area contributed by atoms with E-state index in [0.717, 1.165) is 0 Å². The van der Waals surface area contributed by atoms with E-state index in [4.69, 9.17) is 0 Å².